The van der Waals surface area contributed by atoms with Crippen LogP contribution in [0, 0.1) is 0 Å². The summed E-state index contributed by atoms with van der Waals surface area (Å²) in [5.74, 6) is 0. The van der Waals surface area contributed by atoms with E-state index in [2.05, 4.69) is 11.8 Å². The first-order valence-electron chi connectivity index (χ1n) is 5.88. The van der Waals surface area contributed by atoms with Crippen LogP contribution < -0.4 is 5.73 Å². The molecule has 0 aliphatic rings. The third kappa shape index (κ3) is 3.75. The summed E-state index contributed by atoms with van der Waals surface area (Å²) in [6.07, 6.45) is -1.36. The third-order valence-corrected chi connectivity index (χ3v) is 2.90. The smallest absolute Gasteiger partial charge is 0.263 e. The Balaban J connectivity index is 2.82. The van der Waals surface area contributed by atoms with E-state index in [-0.39, 0.29) is 11.6 Å². The van der Waals surface area contributed by atoms with Crippen LogP contribution in [-0.2, 0) is 0 Å². The van der Waals surface area contributed by atoms with E-state index in [4.69, 9.17) is 5.73 Å². The van der Waals surface area contributed by atoms with E-state index in [1.165, 1.54) is 12.1 Å². The third-order valence-electron chi connectivity index (χ3n) is 2.90. The molecule has 1 atom stereocenters. The summed E-state index contributed by atoms with van der Waals surface area (Å²) in [6.45, 7) is 3.53. The number of rotatable bonds is 6. The van der Waals surface area contributed by atoms with E-state index < -0.39 is 6.43 Å². The van der Waals surface area contributed by atoms with Gasteiger partial charge in [-0.1, -0.05) is 31.2 Å². The molecule has 1 aromatic carbocycles. The van der Waals surface area contributed by atoms with Crippen molar-refractivity contribution in [3.05, 3.63) is 35.4 Å². The molecule has 1 unspecified atom stereocenters. The predicted molar refractivity (Wildman–Crippen MR) is 66.1 cm³/mol. The van der Waals surface area contributed by atoms with Gasteiger partial charge in [-0.25, -0.2) is 8.78 Å². The lowest BCUT2D eigenvalue weighted by atomic mass is 10.0. The Morgan fingerprint density at radius 2 is 1.71 bits per heavy atom. The quantitative estimate of drug-likeness (QED) is 0.831. The summed E-state index contributed by atoms with van der Waals surface area (Å²) < 4.78 is 24.9. The summed E-state index contributed by atoms with van der Waals surface area (Å²) in [5.41, 5.74) is 6.80. The Hall–Kier alpha value is -1.00. The second-order valence-corrected chi connectivity index (χ2v) is 4.20. The van der Waals surface area contributed by atoms with E-state index in [0.717, 1.165) is 18.5 Å². The Kier molecular flexibility index (Phi) is 5.51. The molecule has 4 heteroatoms. The van der Waals surface area contributed by atoms with E-state index in [0.29, 0.717) is 6.54 Å². The van der Waals surface area contributed by atoms with E-state index in [9.17, 15) is 8.78 Å². The maximum atomic E-state index is 12.4. The number of nitrogens with zero attached hydrogens (tertiary/aromatic N) is 1. The molecule has 0 saturated heterocycles. The average molecular weight is 242 g/mol. The molecule has 0 bridgehead atoms. The lowest BCUT2D eigenvalue weighted by Crippen LogP contribution is -2.31. The van der Waals surface area contributed by atoms with Crippen LogP contribution in [0.2, 0.25) is 0 Å². The fraction of sp³-hybridized carbons (Fsp3) is 0.538. The van der Waals surface area contributed by atoms with Crippen molar-refractivity contribution in [1.29, 1.82) is 0 Å². The molecule has 2 nitrogen and oxygen atoms in total. The van der Waals surface area contributed by atoms with Crippen LogP contribution in [0.25, 0.3) is 0 Å². The Morgan fingerprint density at radius 3 is 2.12 bits per heavy atom. The van der Waals surface area contributed by atoms with Crippen molar-refractivity contribution in [3.8, 4) is 0 Å². The van der Waals surface area contributed by atoms with Gasteiger partial charge < -0.3 is 5.73 Å². The van der Waals surface area contributed by atoms with Crippen LogP contribution in [0.3, 0.4) is 0 Å². The molecular weight excluding hydrogens is 222 g/mol. The van der Waals surface area contributed by atoms with Crippen LogP contribution in [0.4, 0.5) is 8.78 Å². The maximum Gasteiger partial charge on any atom is 0.263 e. The topological polar surface area (TPSA) is 29.3 Å². The van der Waals surface area contributed by atoms with Gasteiger partial charge in [0, 0.05) is 18.2 Å². The zero-order valence-electron chi connectivity index (χ0n) is 10.4. The lowest BCUT2D eigenvalue weighted by molar-refractivity contribution is 0.151. The molecule has 2 N–H and O–H groups in total. The molecule has 0 heterocycles. The molecule has 1 rings (SSSR count). The molecule has 0 fully saturated rings. The highest BCUT2D eigenvalue weighted by atomic mass is 19.3. The Morgan fingerprint density at radius 1 is 1.18 bits per heavy atom. The highest BCUT2D eigenvalue weighted by Gasteiger charge is 2.15. The van der Waals surface area contributed by atoms with Crippen LogP contribution in [-0.4, -0.2) is 25.0 Å². The first-order chi connectivity index (χ1) is 8.10. The number of benzene rings is 1. The minimum atomic E-state index is -2.41. The number of alkyl halides is 2. The van der Waals surface area contributed by atoms with Crippen molar-refractivity contribution in [1.82, 2.24) is 4.90 Å². The number of hydrogen-bond acceptors (Lipinski definition) is 2. The van der Waals surface area contributed by atoms with Gasteiger partial charge in [0.25, 0.3) is 6.43 Å². The standard InChI is InChI=1S/C13H20F2N2/c1-3-8-17(2)12(9-16)10-4-6-11(7-5-10)13(14)15/h4-7,12-13H,3,8-9,16H2,1-2H3. The summed E-state index contributed by atoms with van der Waals surface area (Å²) in [4.78, 5) is 2.15. The van der Waals surface area contributed by atoms with Crippen molar-refractivity contribution in [2.24, 2.45) is 5.73 Å². The van der Waals surface area contributed by atoms with Crippen molar-refractivity contribution in [2.45, 2.75) is 25.8 Å². The summed E-state index contributed by atoms with van der Waals surface area (Å²) in [6, 6.07) is 6.53. The minimum absolute atomic E-state index is 0.0580. The summed E-state index contributed by atoms with van der Waals surface area (Å²) in [5, 5.41) is 0. The number of likely N-dealkylation sites (N-methyl/N-ethyl adjacent to an activating group) is 1. The number of halogens is 2. The minimum Gasteiger partial charge on any atom is -0.329 e. The molecule has 0 radical (unpaired) electrons. The summed E-state index contributed by atoms with van der Waals surface area (Å²) >= 11 is 0. The van der Waals surface area contributed by atoms with E-state index in [1.807, 2.05) is 7.05 Å². The lowest BCUT2D eigenvalue weighted by Gasteiger charge is -2.27. The van der Waals surface area contributed by atoms with Gasteiger partial charge in [-0.05, 0) is 25.6 Å². The predicted octanol–water partition coefficient (Wildman–Crippen LogP) is 2.97. The van der Waals surface area contributed by atoms with Crippen LogP contribution in [0.1, 0.15) is 36.9 Å². The normalized spacial score (nSPS) is 13.4. The number of nitrogens with two attached hydrogens (primary N) is 1. The molecule has 0 spiro atoms. The average Bonchev–Trinajstić information content (AvgIpc) is 2.31. The van der Waals surface area contributed by atoms with Crippen LogP contribution in [0.5, 0.6) is 0 Å². The van der Waals surface area contributed by atoms with Gasteiger partial charge in [0.05, 0.1) is 0 Å². The summed E-state index contributed by atoms with van der Waals surface area (Å²) in [7, 11) is 2.00. The van der Waals surface area contributed by atoms with Crippen molar-refractivity contribution < 1.29 is 8.78 Å². The van der Waals surface area contributed by atoms with Gasteiger partial charge in [-0.15, -0.1) is 0 Å². The molecule has 0 aliphatic carbocycles. The molecule has 0 amide bonds. The van der Waals surface area contributed by atoms with Crippen molar-refractivity contribution >= 4 is 0 Å². The van der Waals surface area contributed by atoms with E-state index >= 15 is 0 Å². The van der Waals surface area contributed by atoms with Crippen molar-refractivity contribution in [3.63, 3.8) is 0 Å². The second kappa shape index (κ2) is 6.67. The molecule has 96 valence electrons. The first-order valence-corrected chi connectivity index (χ1v) is 5.88. The molecule has 0 aliphatic heterocycles. The second-order valence-electron chi connectivity index (χ2n) is 4.20. The maximum absolute atomic E-state index is 12.4. The highest BCUT2D eigenvalue weighted by molar-refractivity contribution is 5.26. The highest BCUT2D eigenvalue weighted by Crippen LogP contribution is 2.23. The van der Waals surface area contributed by atoms with Gasteiger partial charge >= 0.3 is 0 Å². The van der Waals surface area contributed by atoms with Crippen molar-refractivity contribution in [2.75, 3.05) is 20.1 Å². The van der Waals surface area contributed by atoms with E-state index in [1.54, 1.807) is 12.1 Å². The molecule has 17 heavy (non-hydrogen) atoms. The molecular formula is C13H20F2N2. The fourth-order valence-corrected chi connectivity index (χ4v) is 1.94. The van der Waals surface area contributed by atoms with Crippen LogP contribution >= 0.6 is 0 Å². The first kappa shape index (κ1) is 14.1. The van der Waals surface area contributed by atoms with Crippen LogP contribution in [0.15, 0.2) is 24.3 Å². The van der Waals surface area contributed by atoms with Gasteiger partial charge in [0.1, 0.15) is 0 Å². The molecule has 1 aromatic rings. The fourth-order valence-electron chi connectivity index (χ4n) is 1.94. The Labute approximate surface area is 101 Å². The monoisotopic (exact) mass is 242 g/mol. The number of hydrogen-bond donors (Lipinski definition) is 1. The van der Waals surface area contributed by atoms with Gasteiger partial charge in [0.15, 0.2) is 0 Å². The van der Waals surface area contributed by atoms with Gasteiger partial charge in [-0.3, -0.25) is 4.90 Å². The molecule has 0 aromatic heterocycles. The zero-order valence-corrected chi connectivity index (χ0v) is 10.4. The zero-order chi connectivity index (χ0) is 12.8. The van der Waals surface area contributed by atoms with Gasteiger partial charge in [0.2, 0.25) is 0 Å². The Bertz CT molecular complexity index is 325. The SMILES string of the molecule is CCCN(C)C(CN)c1ccc(C(F)F)cc1. The largest absolute Gasteiger partial charge is 0.329 e. The molecule has 0 saturated carbocycles. The van der Waals surface area contributed by atoms with Gasteiger partial charge in [-0.2, -0.15) is 0 Å².